The number of hydrogen-bond donors (Lipinski definition) is 2. The highest BCUT2D eigenvalue weighted by molar-refractivity contribution is 5.93. The first-order valence-corrected chi connectivity index (χ1v) is 6.61. The van der Waals surface area contributed by atoms with E-state index in [1.807, 2.05) is 32.0 Å². The van der Waals surface area contributed by atoms with Crippen molar-refractivity contribution in [2.24, 2.45) is 0 Å². The monoisotopic (exact) mass is 300 g/mol. The zero-order valence-electron chi connectivity index (χ0n) is 12.3. The Labute approximate surface area is 127 Å². The highest BCUT2D eigenvalue weighted by Gasteiger charge is 2.09. The van der Waals surface area contributed by atoms with E-state index in [4.69, 9.17) is 4.74 Å². The molecule has 22 heavy (non-hydrogen) atoms. The van der Waals surface area contributed by atoms with Crippen molar-refractivity contribution in [2.75, 3.05) is 6.61 Å². The molecule has 7 nitrogen and oxygen atoms in total. The summed E-state index contributed by atoms with van der Waals surface area (Å²) in [6, 6.07) is 5.67. The molecule has 1 aromatic heterocycles. The first-order chi connectivity index (χ1) is 10.5. The van der Waals surface area contributed by atoms with E-state index in [-0.39, 0.29) is 12.3 Å². The zero-order chi connectivity index (χ0) is 15.9. The van der Waals surface area contributed by atoms with Gasteiger partial charge in [0, 0.05) is 12.4 Å². The van der Waals surface area contributed by atoms with Gasteiger partial charge in [-0.15, -0.1) is 0 Å². The number of nitrogens with one attached hydrogen (secondary N) is 2. The summed E-state index contributed by atoms with van der Waals surface area (Å²) in [5.41, 5.74) is 6.69. The van der Waals surface area contributed by atoms with Crippen molar-refractivity contribution in [1.29, 1.82) is 0 Å². The van der Waals surface area contributed by atoms with Crippen LogP contribution < -0.4 is 15.6 Å². The third-order valence-electron chi connectivity index (χ3n) is 2.68. The molecule has 0 saturated heterocycles. The summed E-state index contributed by atoms with van der Waals surface area (Å²) in [4.78, 5) is 30.9. The molecular weight excluding hydrogens is 284 g/mol. The summed E-state index contributed by atoms with van der Waals surface area (Å²) >= 11 is 0. The second kappa shape index (κ2) is 7.16. The van der Waals surface area contributed by atoms with Gasteiger partial charge in [0.25, 0.3) is 11.8 Å². The number of aromatic nitrogens is 2. The number of benzene rings is 1. The summed E-state index contributed by atoms with van der Waals surface area (Å²) in [5.74, 6) is -0.419. The number of ether oxygens (including phenoxy) is 1. The van der Waals surface area contributed by atoms with Crippen molar-refractivity contribution >= 4 is 11.8 Å². The zero-order valence-corrected chi connectivity index (χ0v) is 12.3. The minimum atomic E-state index is -0.548. The summed E-state index contributed by atoms with van der Waals surface area (Å²) in [6.07, 6.45) is 4.14. The lowest BCUT2D eigenvalue weighted by Gasteiger charge is -2.09. The van der Waals surface area contributed by atoms with E-state index in [0.717, 1.165) is 11.1 Å². The lowest BCUT2D eigenvalue weighted by atomic mass is 10.1. The molecule has 0 aliphatic heterocycles. The largest absolute Gasteiger partial charge is 0.484 e. The van der Waals surface area contributed by atoms with Gasteiger partial charge in [-0.1, -0.05) is 6.07 Å². The van der Waals surface area contributed by atoms with Crippen molar-refractivity contribution in [3.05, 3.63) is 53.6 Å². The van der Waals surface area contributed by atoms with Gasteiger partial charge in [-0.05, 0) is 37.1 Å². The molecule has 114 valence electrons. The van der Waals surface area contributed by atoms with Gasteiger partial charge >= 0.3 is 0 Å². The van der Waals surface area contributed by atoms with Gasteiger partial charge in [-0.2, -0.15) is 0 Å². The molecular formula is C15H16N4O3. The van der Waals surface area contributed by atoms with Crippen LogP contribution in [0.3, 0.4) is 0 Å². The number of hydrogen-bond acceptors (Lipinski definition) is 5. The van der Waals surface area contributed by atoms with Crippen LogP contribution in [0, 0.1) is 13.8 Å². The molecule has 0 atom stereocenters. The molecule has 2 rings (SSSR count). The fraction of sp³-hybridized carbons (Fsp3) is 0.200. The molecule has 2 aromatic rings. The van der Waals surface area contributed by atoms with Crippen LogP contribution >= 0.6 is 0 Å². The van der Waals surface area contributed by atoms with Crippen molar-refractivity contribution in [2.45, 2.75) is 13.8 Å². The Bertz CT molecular complexity index is 653. The Morgan fingerprint density at radius 3 is 2.45 bits per heavy atom. The highest BCUT2D eigenvalue weighted by Crippen LogP contribution is 2.15. The van der Waals surface area contributed by atoms with Crippen molar-refractivity contribution < 1.29 is 14.3 Å². The molecule has 0 aliphatic carbocycles. The van der Waals surface area contributed by atoms with E-state index >= 15 is 0 Å². The lowest BCUT2D eigenvalue weighted by Crippen LogP contribution is -2.44. The number of aryl methyl sites for hydroxylation is 2. The van der Waals surface area contributed by atoms with Crippen LogP contribution in [0.5, 0.6) is 5.75 Å². The smallest absolute Gasteiger partial charge is 0.289 e. The van der Waals surface area contributed by atoms with Crippen molar-refractivity contribution in [1.82, 2.24) is 20.8 Å². The average Bonchev–Trinajstić information content (AvgIpc) is 2.50. The van der Waals surface area contributed by atoms with Gasteiger partial charge in [-0.3, -0.25) is 25.4 Å². The molecule has 0 radical (unpaired) electrons. The van der Waals surface area contributed by atoms with Gasteiger partial charge in [0.1, 0.15) is 11.4 Å². The summed E-state index contributed by atoms with van der Waals surface area (Å²) in [6.45, 7) is 3.69. The predicted molar refractivity (Wildman–Crippen MR) is 79.1 cm³/mol. The molecule has 0 unspecified atom stereocenters. The molecule has 1 aromatic carbocycles. The molecule has 1 heterocycles. The fourth-order valence-electron chi connectivity index (χ4n) is 1.81. The average molecular weight is 300 g/mol. The highest BCUT2D eigenvalue weighted by atomic mass is 16.5. The minimum Gasteiger partial charge on any atom is -0.484 e. The first-order valence-electron chi connectivity index (χ1n) is 6.61. The summed E-state index contributed by atoms with van der Waals surface area (Å²) in [7, 11) is 0. The lowest BCUT2D eigenvalue weighted by molar-refractivity contribution is -0.123. The van der Waals surface area contributed by atoms with Crippen LogP contribution in [0.4, 0.5) is 0 Å². The second-order valence-corrected chi connectivity index (χ2v) is 4.71. The molecule has 7 heteroatoms. The van der Waals surface area contributed by atoms with E-state index in [1.54, 1.807) is 0 Å². The molecule has 0 fully saturated rings. The molecule has 2 N–H and O–H groups in total. The Hall–Kier alpha value is -2.96. The van der Waals surface area contributed by atoms with E-state index < -0.39 is 11.8 Å². The van der Waals surface area contributed by atoms with Crippen molar-refractivity contribution in [3.8, 4) is 5.75 Å². The molecule has 0 spiro atoms. The number of carbonyl (C=O) groups excluding carboxylic acids is 2. The predicted octanol–water partition coefficient (Wildman–Crippen LogP) is 0.933. The summed E-state index contributed by atoms with van der Waals surface area (Å²) in [5, 5.41) is 0. The topological polar surface area (TPSA) is 93.2 Å². The van der Waals surface area contributed by atoms with Crippen LogP contribution in [0.1, 0.15) is 21.6 Å². The molecule has 0 aliphatic rings. The third-order valence-corrected chi connectivity index (χ3v) is 2.68. The van der Waals surface area contributed by atoms with E-state index in [0.29, 0.717) is 5.75 Å². The van der Waals surface area contributed by atoms with Gasteiger partial charge in [-0.25, -0.2) is 4.98 Å². The van der Waals surface area contributed by atoms with E-state index in [1.165, 1.54) is 18.6 Å². The van der Waals surface area contributed by atoms with Gasteiger partial charge in [0.05, 0.1) is 6.20 Å². The van der Waals surface area contributed by atoms with E-state index in [2.05, 4.69) is 20.8 Å². The van der Waals surface area contributed by atoms with Crippen LogP contribution in [0.25, 0.3) is 0 Å². The quantitative estimate of drug-likeness (QED) is 0.819. The Kier molecular flexibility index (Phi) is 5.02. The maximum absolute atomic E-state index is 11.6. The number of nitrogens with zero attached hydrogens (tertiary/aromatic N) is 2. The van der Waals surface area contributed by atoms with Crippen LogP contribution in [0.15, 0.2) is 36.8 Å². The normalized spacial score (nSPS) is 9.91. The Morgan fingerprint density at radius 1 is 1.09 bits per heavy atom. The van der Waals surface area contributed by atoms with Gasteiger partial charge in [0.15, 0.2) is 6.61 Å². The van der Waals surface area contributed by atoms with Gasteiger partial charge in [0.2, 0.25) is 0 Å². The maximum atomic E-state index is 11.6. The Balaban J connectivity index is 1.80. The SMILES string of the molecule is Cc1cc(C)cc(OCC(=O)NNC(=O)c2cnccn2)c1. The van der Waals surface area contributed by atoms with Crippen LogP contribution in [-0.2, 0) is 4.79 Å². The fourth-order valence-corrected chi connectivity index (χ4v) is 1.81. The third kappa shape index (κ3) is 4.55. The maximum Gasteiger partial charge on any atom is 0.289 e. The molecule has 2 amide bonds. The number of hydrazine groups is 1. The number of amides is 2. The standard InChI is InChI=1S/C15H16N4O3/c1-10-5-11(2)7-12(6-10)22-9-14(20)18-19-15(21)13-8-16-3-4-17-13/h3-8H,9H2,1-2H3,(H,18,20)(H,19,21). The Morgan fingerprint density at radius 2 is 1.82 bits per heavy atom. The summed E-state index contributed by atoms with van der Waals surface area (Å²) < 4.78 is 5.38. The second-order valence-electron chi connectivity index (χ2n) is 4.71. The van der Waals surface area contributed by atoms with E-state index in [9.17, 15) is 9.59 Å². The van der Waals surface area contributed by atoms with Crippen molar-refractivity contribution in [3.63, 3.8) is 0 Å². The number of rotatable bonds is 4. The minimum absolute atomic E-state index is 0.109. The first kappa shape index (κ1) is 15.4. The van der Waals surface area contributed by atoms with Gasteiger partial charge < -0.3 is 4.74 Å². The van der Waals surface area contributed by atoms with Crippen LogP contribution in [0.2, 0.25) is 0 Å². The molecule has 0 saturated carbocycles. The molecule has 0 bridgehead atoms. The van der Waals surface area contributed by atoms with Crippen LogP contribution in [-0.4, -0.2) is 28.4 Å². The number of carbonyl (C=O) groups is 2.